The van der Waals surface area contributed by atoms with E-state index in [-0.39, 0.29) is 89.3 Å². The molecule has 0 aromatic carbocycles. The SMILES string of the molecule is Nc1nc2c(ncn2C[C@@H]2CCCN2CCP(=O)([O-])[O-])c(=O)[nH]1.[Na+].[Na+]. The average molecular weight is 386 g/mol. The van der Waals surface area contributed by atoms with Crippen LogP contribution >= 0.6 is 7.60 Å². The molecular weight excluding hydrogens is 369 g/mol. The van der Waals surface area contributed by atoms with Gasteiger partial charge < -0.3 is 24.7 Å². The quantitative estimate of drug-likeness (QED) is 0.379. The van der Waals surface area contributed by atoms with Crippen molar-refractivity contribution >= 4 is 24.7 Å². The molecule has 10 nitrogen and oxygen atoms in total. The summed E-state index contributed by atoms with van der Waals surface area (Å²) in [6, 6.07) is 0.0706. The summed E-state index contributed by atoms with van der Waals surface area (Å²) in [5, 5.41) is 0. The summed E-state index contributed by atoms with van der Waals surface area (Å²) in [5.74, 6) is 0.0196. The Morgan fingerprint density at radius 2 is 2.12 bits per heavy atom. The Kier molecular flexibility index (Phi) is 8.81. The van der Waals surface area contributed by atoms with Crippen molar-refractivity contribution in [2.75, 3.05) is 25.0 Å². The number of hydrogen-bond donors (Lipinski definition) is 2. The van der Waals surface area contributed by atoms with Gasteiger partial charge in [0.1, 0.15) is 0 Å². The van der Waals surface area contributed by atoms with Crippen LogP contribution in [0.5, 0.6) is 0 Å². The van der Waals surface area contributed by atoms with Crippen LogP contribution in [0.4, 0.5) is 5.95 Å². The number of anilines is 1. The second-order valence-electron chi connectivity index (χ2n) is 5.69. The largest absolute Gasteiger partial charge is 1.00 e. The molecule has 0 unspecified atom stereocenters. The first-order chi connectivity index (χ1) is 10.8. The number of nitrogens with zero attached hydrogens (tertiary/aromatic N) is 4. The smallest absolute Gasteiger partial charge is 0.811 e. The van der Waals surface area contributed by atoms with Crippen LogP contribution in [0, 0.1) is 0 Å². The van der Waals surface area contributed by atoms with Crippen LogP contribution in [0.2, 0.25) is 0 Å². The van der Waals surface area contributed by atoms with Gasteiger partial charge >= 0.3 is 59.1 Å². The maximum absolute atomic E-state index is 11.8. The first-order valence-corrected chi connectivity index (χ1v) is 9.02. The molecule has 0 aliphatic carbocycles. The Balaban J connectivity index is 0.00000156. The van der Waals surface area contributed by atoms with Crippen molar-refractivity contribution in [3.05, 3.63) is 16.7 Å². The number of aromatic amines is 1. The minimum Gasteiger partial charge on any atom is -0.811 e. The predicted octanol–water partition coefficient (Wildman–Crippen LogP) is -7.91. The van der Waals surface area contributed by atoms with E-state index in [1.807, 2.05) is 4.90 Å². The average Bonchev–Trinajstić information content (AvgIpc) is 3.04. The summed E-state index contributed by atoms with van der Waals surface area (Å²) in [6.07, 6.45) is 2.95. The van der Waals surface area contributed by atoms with Gasteiger partial charge in [-0.15, -0.1) is 0 Å². The molecule has 3 rings (SSSR count). The number of nitrogens with one attached hydrogen (secondary N) is 1. The van der Waals surface area contributed by atoms with Crippen LogP contribution in [-0.4, -0.2) is 49.7 Å². The number of likely N-dealkylation sites (tertiary alicyclic amines) is 1. The zero-order chi connectivity index (χ0) is 16.6. The number of nitrogen functional groups attached to an aromatic ring is 1. The van der Waals surface area contributed by atoms with E-state index in [1.165, 1.54) is 6.33 Å². The zero-order valence-electron chi connectivity index (χ0n) is 14.3. The molecule has 126 valence electrons. The number of aromatic nitrogens is 4. The van der Waals surface area contributed by atoms with Crippen LogP contribution in [0.1, 0.15) is 12.8 Å². The zero-order valence-corrected chi connectivity index (χ0v) is 19.2. The first kappa shape index (κ1) is 23.3. The Morgan fingerprint density at radius 1 is 1.40 bits per heavy atom. The minimum atomic E-state index is -4.50. The molecule has 3 heterocycles. The van der Waals surface area contributed by atoms with Crippen molar-refractivity contribution in [2.24, 2.45) is 0 Å². The fourth-order valence-corrected chi connectivity index (χ4v) is 3.48. The van der Waals surface area contributed by atoms with Gasteiger partial charge in [-0.3, -0.25) is 14.7 Å². The van der Waals surface area contributed by atoms with E-state index in [0.717, 1.165) is 19.4 Å². The van der Waals surface area contributed by atoms with Gasteiger partial charge in [-0.25, -0.2) is 4.98 Å². The van der Waals surface area contributed by atoms with E-state index < -0.39 is 13.2 Å². The topological polar surface area (TPSA) is 156 Å². The monoisotopic (exact) mass is 386 g/mol. The van der Waals surface area contributed by atoms with Crippen LogP contribution in [0.25, 0.3) is 11.2 Å². The summed E-state index contributed by atoms with van der Waals surface area (Å²) in [6.45, 7) is 1.47. The minimum absolute atomic E-state index is 0. The maximum Gasteiger partial charge on any atom is 1.00 e. The van der Waals surface area contributed by atoms with E-state index in [0.29, 0.717) is 12.2 Å². The third-order valence-corrected chi connectivity index (χ3v) is 4.81. The van der Waals surface area contributed by atoms with Crippen LogP contribution in [0.3, 0.4) is 0 Å². The van der Waals surface area contributed by atoms with Crippen molar-refractivity contribution in [2.45, 2.75) is 25.4 Å². The summed E-state index contributed by atoms with van der Waals surface area (Å²) in [5.41, 5.74) is 5.78. The third kappa shape index (κ3) is 5.87. The van der Waals surface area contributed by atoms with E-state index in [2.05, 4.69) is 15.0 Å². The molecule has 13 heteroatoms. The molecule has 1 aliphatic heterocycles. The third-order valence-electron chi connectivity index (χ3n) is 4.06. The Labute approximate surface area is 188 Å². The second-order valence-corrected chi connectivity index (χ2v) is 7.36. The molecule has 1 saturated heterocycles. The van der Waals surface area contributed by atoms with Crippen LogP contribution < -0.4 is 80.2 Å². The molecule has 2 aromatic rings. The molecular formula is C12H17N6Na2O4P. The van der Waals surface area contributed by atoms with E-state index >= 15 is 0 Å². The van der Waals surface area contributed by atoms with Crippen LogP contribution in [-0.2, 0) is 11.1 Å². The summed E-state index contributed by atoms with van der Waals surface area (Å²) < 4.78 is 12.6. The van der Waals surface area contributed by atoms with Gasteiger partial charge in [-0.05, 0) is 25.5 Å². The summed E-state index contributed by atoms with van der Waals surface area (Å²) >= 11 is 0. The molecule has 2 aromatic heterocycles. The molecule has 25 heavy (non-hydrogen) atoms. The number of H-pyrrole nitrogens is 1. The van der Waals surface area contributed by atoms with E-state index in [4.69, 9.17) is 5.73 Å². The molecule has 0 saturated carbocycles. The van der Waals surface area contributed by atoms with Crippen LogP contribution in [0.15, 0.2) is 11.1 Å². The number of fused-ring (bicyclic) bond motifs is 1. The molecule has 0 radical (unpaired) electrons. The standard InChI is InChI=1S/C12H19N6O4P.2Na/c13-12-15-10-9(11(19)16-12)14-7-18(10)6-8-2-1-3-17(8)4-5-23(20,21)22;;/h7-8H,1-6H2,(H2,20,21,22)(H3,13,15,16,19);;/q;2*+1/p-2/t8-;;/m0../s1. The van der Waals surface area contributed by atoms with Crippen molar-refractivity contribution < 1.29 is 73.5 Å². The predicted molar refractivity (Wildman–Crippen MR) is 79.6 cm³/mol. The number of imidazole rings is 1. The Bertz CT molecular complexity index is 822. The molecule has 0 spiro atoms. The Morgan fingerprint density at radius 3 is 2.80 bits per heavy atom. The van der Waals surface area contributed by atoms with Crippen molar-refractivity contribution in [1.82, 2.24) is 24.4 Å². The molecule has 1 atom stereocenters. The van der Waals surface area contributed by atoms with Crippen molar-refractivity contribution in [3.63, 3.8) is 0 Å². The molecule has 1 aliphatic rings. The summed E-state index contributed by atoms with van der Waals surface area (Å²) in [7, 11) is -4.50. The van der Waals surface area contributed by atoms with Gasteiger partial charge in [-0.1, -0.05) is 7.60 Å². The molecule has 0 amide bonds. The Hall–Kier alpha value is 0.260. The number of hydrogen-bond acceptors (Lipinski definition) is 8. The van der Waals surface area contributed by atoms with Crippen molar-refractivity contribution in [3.8, 4) is 0 Å². The van der Waals surface area contributed by atoms with E-state index in [1.54, 1.807) is 4.57 Å². The normalized spacial score (nSPS) is 18.1. The fraction of sp³-hybridized carbons (Fsp3) is 0.583. The van der Waals surface area contributed by atoms with Gasteiger partial charge in [0, 0.05) is 19.1 Å². The molecule has 3 N–H and O–H groups in total. The van der Waals surface area contributed by atoms with Gasteiger partial charge in [0.05, 0.1) is 6.33 Å². The fourth-order valence-electron chi connectivity index (χ4n) is 2.98. The van der Waals surface area contributed by atoms with Crippen molar-refractivity contribution in [1.29, 1.82) is 0 Å². The van der Waals surface area contributed by atoms with Gasteiger partial charge in [0.15, 0.2) is 11.2 Å². The van der Waals surface area contributed by atoms with E-state index in [9.17, 15) is 19.1 Å². The second kappa shape index (κ2) is 9.45. The molecule has 1 fully saturated rings. The first-order valence-electron chi connectivity index (χ1n) is 7.29. The van der Waals surface area contributed by atoms with Gasteiger partial charge in [-0.2, -0.15) is 4.98 Å². The molecule has 0 bridgehead atoms. The number of rotatable bonds is 5. The maximum atomic E-state index is 11.8. The summed E-state index contributed by atoms with van der Waals surface area (Å²) in [4.78, 5) is 45.9. The number of nitrogens with two attached hydrogens (primary N) is 1. The van der Waals surface area contributed by atoms with Gasteiger partial charge in [0.25, 0.3) is 5.56 Å². The van der Waals surface area contributed by atoms with Gasteiger partial charge in [0.2, 0.25) is 5.95 Å².